The molecule has 0 aromatic carbocycles. The summed E-state index contributed by atoms with van der Waals surface area (Å²) in [6, 6.07) is 0. The van der Waals surface area contributed by atoms with E-state index in [-0.39, 0.29) is 0 Å². The van der Waals surface area contributed by atoms with Crippen LogP contribution in [0.1, 0.15) is 0 Å². The molecule has 0 bridgehead atoms. The van der Waals surface area contributed by atoms with Crippen molar-refractivity contribution in [3.63, 3.8) is 0 Å². The molecule has 0 saturated carbocycles. The normalized spacial score (nSPS) is 9.88. The molecule has 2 nitrogen and oxygen atoms in total. The van der Waals surface area contributed by atoms with Gasteiger partial charge in [-0.05, 0) is 23.2 Å². The highest BCUT2D eigenvalue weighted by Crippen LogP contribution is 2.15. The Labute approximate surface area is 60.8 Å². The summed E-state index contributed by atoms with van der Waals surface area (Å²) in [7, 11) is 0. The molecule has 1 aromatic rings. The van der Waals surface area contributed by atoms with Crippen molar-refractivity contribution in [1.82, 2.24) is 4.98 Å². The molecule has 0 radical (unpaired) electrons. The third-order valence-corrected chi connectivity index (χ3v) is 1.48. The van der Waals surface area contributed by atoms with Crippen molar-refractivity contribution in [2.75, 3.05) is 0 Å². The summed E-state index contributed by atoms with van der Waals surface area (Å²) >= 11 is 16.2. The number of halogens is 3. The lowest BCUT2D eigenvalue weighted by molar-refractivity contribution is -0.370. The van der Waals surface area contributed by atoms with Crippen LogP contribution in [0, 0.1) is 0 Å². The molecule has 2 N–H and O–H groups in total. The summed E-state index contributed by atoms with van der Waals surface area (Å²) in [6.45, 7) is 0. The fourth-order valence-corrected chi connectivity index (χ4v) is 0.903. The fourth-order valence-electron chi connectivity index (χ4n) is 0.334. The minimum atomic E-state index is 0.330. The zero-order valence-electron chi connectivity index (χ0n) is 3.63. The predicted octanol–water partition coefficient (Wildman–Crippen LogP) is 1.79. The van der Waals surface area contributed by atoms with Crippen LogP contribution in [0.25, 0.3) is 0 Å². The topological polar surface area (TPSA) is 29.9 Å². The number of aromatic nitrogens is 2. The molecule has 1 heterocycles. The van der Waals surface area contributed by atoms with Gasteiger partial charge in [-0.3, -0.25) is 0 Å². The van der Waals surface area contributed by atoms with Crippen LogP contribution in [0.5, 0.6) is 0 Å². The molecule has 1 rings (SSSR count). The second-order valence-corrected chi connectivity index (χ2v) is 2.33. The van der Waals surface area contributed by atoms with Crippen molar-refractivity contribution >= 4 is 34.8 Å². The first-order valence-electron chi connectivity index (χ1n) is 1.82. The van der Waals surface area contributed by atoms with Gasteiger partial charge in [0.25, 0.3) is 10.3 Å². The molecular formula is C3H2Cl3N2+. The zero-order chi connectivity index (χ0) is 6.15. The van der Waals surface area contributed by atoms with E-state index in [4.69, 9.17) is 34.8 Å². The van der Waals surface area contributed by atoms with Gasteiger partial charge in [-0.1, -0.05) is 0 Å². The lowest BCUT2D eigenvalue weighted by Gasteiger charge is -1.65. The van der Waals surface area contributed by atoms with E-state index < -0.39 is 0 Å². The monoisotopic (exact) mass is 171 g/mol. The first-order valence-corrected chi connectivity index (χ1v) is 2.95. The number of hydrogen-bond donors (Lipinski definition) is 1. The first-order chi connectivity index (χ1) is 3.70. The maximum absolute atomic E-state index is 5.43. The van der Waals surface area contributed by atoms with E-state index in [1.807, 2.05) is 0 Å². The van der Waals surface area contributed by atoms with Gasteiger partial charge in [-0.15, -0.1) is 0 Å². The van der Waals surface area contributed by atoms with E-state index in [1.54, 1.807) is 0 Å². The van der Waals surface area contributed by atoms with E-state index in [2.05, 4.69) is 9.97 Å². The van der Waals surface area contributed by atoms with Gasteiger partial charge in [0, 0.05) is 11.6 Å². The third kappa shape index (κ3) is 1.08. The Morgan fingerprint density at radius 2 is 1.88 bits per heavy atom. The van der Waals surface area contributed by atoms with E-state index in [1.165, 1.54) is 0 Å². The van der Waals surface area contributed by atoms with E-state index in [0.717, 1.165) is 0 Å². The Morgan fingerprint density at radius 1 is 1.25 bits per heavy atom. The van der Waals surface area contributed by atoms with Crippen LogP contribution in [0.4, 0.5) is 0 Å². The molecule has 0 atom stereocenters. The van der Waals surface area contributed by atoms with Gasteiger partial charge in [0.2, 0.25) is 0 Å². The Kier molecular flexibility index (Phi) is 1.65. The summed E-state index contributed by atoms with van der Waals surface area (Å²) in [4.78, 5) is 5.10. The smallest absolute Gasteiger partial charge is 0.216 e. The number of H-pyrrole nitrogens is 2. The average molecular weight is 172 g/mol. The Morgan fingerprint density at radius 3 is 2.00 bits per heavy atom. The highest BCUT2D eigenvalue weighted by molar-refractivity contribution is 6.40. The molecule has 0 saturated heterocycles. The molecule has 0 aliphatic rings. The number of hydrogen-bond acceptors (Lipinski definition) is 0. The standard InChI is InChI=1S/C3HCl3N2/c4-1-2(5)8-3(6)7-1/h(H,7,8)/p+1. The van der Waals surface area contributed by atoms with Gasteiger partial charge in [-0.2, -0.15) is 0 Å². The van der Waals surface area contributed by atoms with Crippen LogP contribution in [0.3, 0.4) is 0 Å². The number of imidazole rings is 1. The molecule has 0 unspecified atom stereocenters. The third-order valence-electron chi connectivity index (χ3n) is 0.632. The molecule has 0 aliphatic carbocycles. The quantitative estimate of drug-likeness (QED) is 0.618. The fraction of sp³-hybridized carbons (Fsp3) is 0. The van der Waals surface area contributed by atoms with Crippen LogP contribution in [-0.4, -0.2) is 4.98 Å². The number of nitrogens with one attached hydrogen (secondary N) is 2. The van der Waals surface area contributed by atoms with Gasteiger partial charge >= 0.3 is 5.28 Å². The van der Waals surface area contributed by atoms with E-state index in [9.17, 15) is 0 Å². The largest absolute Gasteiger partial charge is 0.352 e. The highest BCUT2D eigenvalue weighted by Gasteiger charge is 2.09. The average Bonchev–Trinajstić information content (AvgIpc) is 1.85. The molecule has 1 aromatic heterocycles. The maximum atomic E-state index is 5.43. The first kappa shape index (κ1) is 6.20. The second kappa shape index (κ2) is 2.13. The summed E-state index contributed by atoms with van der Waals surface area (Å²) in [5.74, 6) is 0. The molecular weight excluding hydrogens is 170 g/mol. The number of aromatic amines is 2. The molecule has 0 amide bonds. The minimum absolute atomic E-state index is 0.330. The second-order valence-electron chi connectivity index (χ2n) is 1.19. The molecule has 44 valence electrons. The zero-order valence-corrected chi connectivity index (χ0v) is 5.90. The Balaban J connectivity index is 3.14. The van der Waals surface area contributed by atoms with Crippen molar-refractivity contribution < 1.29 is 4.98 Å². The lowest BCUT2D eigenvalue weighted by Crippen LogP contribution is -1.97. The summed E-state index contributed by atoms with van der Waals surface area (Å²) < 4.78 is 0. The van der Waals surface area contributed by atoms with Gasteiger partial charge in [0.15, 0.2) is 0 Å². The van der Waals surface area contributed by atoms with E-state index >= 15 is 0 Å². The van der Waals surface area contributed by atoms with Crippen molar-refractivity contribution in [3.8, 4) is 0 Å². The SMILES string of the molecule is Clc1[nH]c(Cl)c(Cl)[nH+]1. The molecule has 0 aliphatic heterocycles. The lowest BCUT2D eigenvalue weighted by atomic mass is 10.9. The van der Waals surface area contributed by atoms with Crippen LogP contribution in [0.2, 0.25) is 15.6 Å². The van der Waals surface area contributed by atoms with Gasteiger partial charge in [0.1, 0.15) is 0 Å². The van der Waals surface area contributed by atoms with Gasteiger partial charge in [0.05, 0.1) is 0 Å². The summed E-state index contributed by atoms with van der Waals surface area (Å²) in [6.07, 6.45) is 0. The van der Waals surface area contributed by atoms with Crippen molar-refractivity contribution in [2.45, 2.75) is 0 Å². The van der Waals surface area contributed by atoms with E-state index in [0.29, 0.717) is 15.6 Å². The van der Waals surface area contributed by atoms with Crippen LogP contribution in [-0.2, 0) is 0 Å². The van der Waals surface area contributed by atoms with Gasteiger partial charge in [-0.25, -0.2) is 9.97 Å². The predicted molar refractivity (Wildman–Crippen MR) is 32.4 cm³/mol. The van der Waals surface area contributed by atoms with Crippen LogP contribution < -0.4 is 4.98 Å². The summed E-state index contributed by atoms with van der Waals surface area (Å²) in [5, 5.41) is 0.994. The van der Waals surface area contributed by atoms with Crippen LogP contribution in [0.15, 0.2) is 0 Å². The van der Waals surface area contributed by atoms with Crippen molar-refractivity contribution in [2.24, 2.45) is 0 Å². The van der Waals surface area contributed by atoms with Crippen molar-refractivity contribution in [3.05, 3.63) is 15.6 Å². The van der Waals surface area contributed by atoms with Crippen molar-refractivity contribution in [1.29, 1.82) is 0 Å². The maximum Gasteiger partial charge on any atom is 0.352 e. The molecule has 8 heavy (non-hydrogen) atoms. The minimum Gasteiger partial charge on any atom is -0.216 e. The molecule has 0 spiro atoms. The van der Waals surface area contributed by atoms with Crippen LogP contribution >= 0.6 is 34.8 Å². The summed E-state index contributed by atoms with van der Waals surface area (Å²) in [5.41, 5.74) is 0. The van der Waals surface area contributed by atoms with Gasteiger partial charge < -0.3 is 0 Å². The Hall–Kier alpha value is 0.0800. The Bertz CT molecular complexity index is 175. The number of rotatable bonds is 0. The highest BCUT2D eigenvalue weighted by atomic mass is 35.5. The molecule has 0 fully saturated rings. The molecule has 5 heteroatoms.